The highest BCUT2D eigenvalue weighted by molar-refractivity contribution is 5.92. The van der Waals surface area contributed by atoms with Crippen molar-refractivity contribution in [2.75, 3.05) is 0 Å². The third-order valence-corrected chi connectivity index (χ3v) is 2.87. The Bertz CT molecular complexity index is 491. The Morgan fingerprint density at radius 2 is 1.62 bits per heavy atom. The van der Waals surface area contributed by atoms with E-state index in [1.807, 2.05) is 30.3 Å². The summed E-state index contributed by atoms with van der Waals surface area (Å²) >= 11 is 0. The van der Waals surface area contributed by atoms with Gasteiger partial charge in [0.1, 0.15) is 0 Å². The van der Waals surface area contributed by atoms with Crippen molar-refractivity contribution in [3.05, 3.63) is 47.5 Å². The van der Waals surface area contributed by atoms with Gasteiger partial charge in [0.15, 0.2) is 6.29 Å². The lowest BCUT2D eigenvalue weighted by Gasteiger charge is -2.18. The van der Waals surface area contributed by atoms with E-state index in [1.54, 1.807) is 0 Å². The third kappa shape index (κ3) is 1.73. The molecule has 0 bridgehead atoms. The second-order valence-electron chi connectivity index (χ2n) is 5.12. The van der Waals surface area contributed by atoms with Crippen molar-refractivity contribution in [1.29, 1.82) is 0 Å². The molecule has 0 heterocycles. The molecule has 0 amide bonds. The molecule has 1 nitrogen and oxygen atoms in total. The van der Waals surface area contributed by atoms with Gasteiger partial charge in [-0.15, -0.1) is 0 Å². The first-order valence-electron chi connectivity index (χ1n) is 5.51. The fourth-order valence-corrected chi connectivity index (χ4v) is 2.06. The van der Waals surface area contributed by atoms with Crippen LogP contribution in [0.2, 0.25) is 0 Å². The summed E-state index contributed by atoms with van der Waals surface area (Å²) in [5, 5.41) is 0. The van der Waals surface area contributed by atoms with Crippen molar-refractivity contribution in [3.63, 3.8) is 0 Å². The van der Waals surface area contributed by atoms with Crippen molar-refractivity contribution < 1.29 is 4.79 Å². The van der Waals surface area contributed by atoms with Crippen LogP contribution in [0.3, 0.4) is 0 Å². The second kappa shape index (κ2) is 3.75. The molecule has 0 unspecified atom stereocenters. The van der Waals surface area contributed by atoms with E-state index in [0.29, 0.717) is 0 Å². The molecule has 0 atom stereocenters. The molecule has 0 N–H and O–H groups in total. The molecule has 0 fully saturated rings. The average Bonchev–Trinajstić information content (AvgIpc) is 2.41. The first kappa shape index (κ1) is 10.9. The van der Waals surface area contributed by atoms with Crippen LogP contribution in [-0.4, -0.2) is 6.29 Å². The van der Waals surface area contributed by atoms with Gasteiger partial charge in [0, 0.05) is 5.56 Å². The lowest BCUT2D eigenvalue weighted by molar-refractivity contribution is 0.112. The van der Waals surface area contributed by atoms with E-state index in [4.69, 9.17) is 0 Å². The molecule has 0 saturated heterocycles. The van der Waals surface area contributed by atoms with Crippen LogP contribution in [0, 0.1) is 0 Å². The van der Waals surface area contributed by atoms with Crippen molar-refractivity contribution in [1.82, 2.24) is 0 Å². The van der Waals surface area contributed by atoms with Crippen LogP contribution < -0.4 is 0 Å². The van der Waals surface area contributed by atoms with Crippen molar-refractivity contribution in [2.45, 2.75) is 26.2 Å². The monoisotopic (exact) mass is 212 g/mol. The Hall–Kier alpha value is -1.63. The zero-order chi connectivity index (χ0) is 11.8. The van der Waals surface area contributed by atoms with Crippen molar-refractivity contribution in [3.8, 4) is 11.1 Å². The van der Waals surface area contributed by atoms with Crippen LogP contribution in [0.25, 0.3) is 11.1 Å². The van der Waals surface area contributed by atoms with Crippen LogP contribution in [0.5, 0.6) is 0 Å². The average molecular weight is 212 g/mol. The molecule has 0 spiro atoms. The maximum absolute atomic E-state index is 11.1. The minimum absolute atomic E-state index is 0.0634. The van der Waals surface area contributed by atoms with Gasteiger partial charge in [-0.05, 0) is 28.2 Å². The number of fused-ring (bicyclic) bond motifs is 1. The van der Waals surface area contributed by atoms with Crippen LogP contribution >= 0.6 is 0 Å². The predicted octanol–water partition coefficient (Wildman–Crippen LogP) is 3.90. The smallest absolute Gasteiger partial charge is 0.150 e. The molecule has 0 aromatic heterocycles. The highest BCUT2D eigenvalue weighted by Gasteiger charge is 2.23. The summed E-state index contributed by atoms with van der Waals surface area (Å²) in [5.41, 5.74) is 4.31. The molecule has 0 saturated carbocycles. The molecular weight excluding hydrogens is 196 g/mol. The van der Waals surface area contributed by atoms with Gasteiger partial charge in [-0.3, -0.25) is 4.79 Å². The summed E-state index contributed by atoms with van der Waals surface area (Å²) in [7, 11) is 0. The van der Waals surface area contributed by atoms with E-state index in [-0.39, 0.29) is 5.41 Å². The third-order valence-electron chi connectivity index (χ3n) is 2.87. The second-order valence-corrected chi connectivity index (χ2v) is 5.12. The molecule has 16 heavy (non-hydrogen) atoms. The first-order chi connectivity index (χ1) is 7.54. The summed E-state index contributed by atoms with van der Waals surface area (Å²) < 4.78 is 0. The summed E-state index contributed by atoms with van der Waals surface area (Å²) in [4.78, 5) is 11.1. The maximum Gasteiger partial charge on any atom is 0.150 e. The van der Waals surface area contributed by atoms with E-state index >= 15 is 0 Å². The topological polar surface area (TPSA) is 17.1 Å². The fourth-order valence-electron chi connectivity index (χ4n) is 2.06. The Kier molecular flexibility index (Phi) is 2.55. The number of carbonyl (C=O) groups is 1. The molecule has 0 aromatic rings. The summed E-state index contributed by atoms with van der Waals surface area (Å²) in [6, 6.07) is 12.1. The highest BCUT2D eigenvalue weighted by Crippen LogP contribution is 2.37. The first-order valence-corrected chi connectivity index (χ1v) is 5.51. The van der Waals surface area contributed by atoms with Gasteiger partial charge in [0.05, 0.1) is 0 Å². The number of rotatable bonds is 1. The number of hydrogen-bond acceptors (Lipinski definition) is 1. The molecular formula is C15H16O. The van der Waals surface area contributed by atoms with Gasteiger partial charge in [0.2, 0.25) is 0 Å². The minimum atomic E-state index is 0.0634. The Labute approximate surface area is 96.5 Å². The Morgan fingerprint density at radius 3 is 2.19 bits per heavy atom. The normalized spacial score (nSPS) is 11.7. The predicted molar refractivity (Wildman–Crippen MR) is 67.2 cm³/mol. The van der Waals surface area contributed by atoms with Crippen molar-refractivity contribution >= 4 is 6.29 Å². The molecule has 0 aliphatic heterocycles. The molecule has 82 valence electrons. The molecule has 2 rings (SSSR count). The standard InChI is InChI=1S/C15H16O/c1-15(2,3)14-9-11(10-16)12-7-5-4-6-8-13(12)14/h4-10H,1-3H3. The van der Waals surface area contributed by atoms with Crippen LogP contribution in [0.4, 0.5) is 0 Å². The summed E-state index contributed by atoms with van der Waals surface area (Å²) in [6.07, 6.45) is 0.942. The van der Waals surface area contributed by atoms with Gasteiger partial charge >= 0.3 is 0 Å². The van der Waals surface area contributed by atoms with Crippen LogP contribution in [-0.2, 0) is 5.41 Å². The fraction of sp³-hybridized carbons (Fsp3) is 0.267. The van der Waals surface area contributed by atoms with Crippen LogP contribution in [0.1, 0.15) is 36.7 Å². The molecule has 0 aromatic carbocycles. The number of hydrogen-bond donors (Lipinski definition) is 0. The van der Waals surface area contributed by atoms with Gasteiger partial charge in [-0.1, -0.05) is 51.1 Å². The molecule has 2 aliphatic carbocycles. The highest BCUT2D eigenvalue weighted by atomic mass is 16.1. The quantitative estimate of drug-likeness (QED) is 0.655. The molecule has 2 aliphatic rings. The Balaban J connectivity index is 2.76. The van der Waals surface area contributed by atoms with Gasteiger partial charge in [-0.25, -0.2) is 0 Å². The molecule has 1 heteroatoms. The summed E-state index contributed by atoms with van der Waals surface area (Å²) in [5.74, 6) is 0. The maximum atomic E-state index is 11.1. The van der Waals surface area contributed by atoms with E-state index in [0.717, 1.165) is 17.4 Å². The largest absolute Gasteiger partial charge is 0.298 e. The zero-order valence-electron chi connectivity index (χ0n) is 9.95. The van der Waals surface area contributed by atoms with E-state index in [1.165, 1.54) is 11.1 Å². The minimum Gasteiger partial charge on any atom is -0.298 e. The van der Waals surface area contributed by atoms with Crippen LogP contribution in [0.15, 0.2) is 36.4 Å². The molecule has 0 radical (unpaired) electrons. The summed E-state index contributed by atoms with van der Waals surface area (Å²) in [6.45, 7) is 6.51. The lowest BCUT2D eigenvalue weighted by atomic mass is 9.86. The van der Waals surface area contributed by atoms with Crippen molar-refractivity contribution in [2.24, 2.45) is 0 Å². The Morgan fingerprint density at radius 1 is 1.00 bits per heavy atom. The van der Waals surface area contributed by atoms with Gasteiger partial charge in [0.25, 0.3) is 0 Å². The van der Waals surface area contributed by atoms with Gasteiger partial charge < -0.3 is 0 Å². The van der Waals surface area contributed by atoms with E-state index in [2.05, 4.69) is 26.8 Å². The van der Waals surface area contributed by atoms with E-state index < -0.39 is 0 Å². The number of carbonyl (C=O) groups excluding carboxylic acids is 1. The SMILES string of the molecule is CC(C)(C)c1cc(C=O)c2cccccc1-2. The van der Waals surface area contributed by atoms with Gasteiger partial charge in [-0.2, -0.15) is 0 Å². The number of aldehydes is 1. The zero-order valence-corrected chi connectivity index (χ0v) is 9.95. The lowest BCUT2D eigenvalue weighted by Crippen LogP contribution is -2.10. The van der Waals surface area contributed by atoms with E-state index in [9.17, 15) is 4.79 Å².